The van der Waals surface area contributed by atoms with Crippen LogP contribution in [0.15, 0.2) is 70.7 Å². The van der Waals surface area contributed by atoms with Crippen LogP contribution in [0, 0.1) is 0 Å². The third kappa shape index (κ3) is 6.51. The highest BCUT2D eigenvalue weighted by atomic mass is 32.2. The van der Waals surface area contributed by atoms with Gasteiger partial charge in [0.25, 0.3) is 5.91 Å². The molecule has 0 spiro atoms. The van der Waals surface area contributed by atoms with Crippen molar-refractivity contribution in [2.45, 2.75) is 23.9 Å². The van der Waals surface area contributed by atoms with Crippen LogP contribution in [0.4, 0.5) is 5.69 Å². The zero-order chi connectivity index (χ0) is 26.3. The first kappa shape index (κ1) is 26.5. The van der Waals surface area contributed by atoms with Crippen LogP contribution in [0.3, 0.4) is 0 Å². The zero-order valence-corrected chi connectivity index (χ0v) is 20.6. The molecule has 12 heteroatoms. The van der Waals surface area contributed by atoms with Crippen LogP contribution in [0.2, 0.25) is 0 Å². The van der Waals surface area contributed by atoms with Gasteiger partial charge >= 0.3 is 5.97 Å². The van der Waals surface area contributed by atoms with Crippen molar-refractivity contribution in [3.8, 4) is 0 Å². The van der Waals surface area contributed by atoms with Crippen LogP contribution < -0.4 is 14.9 Å². The lowest BCUT2D eigenvalue weighted by Crippen LogP contribution is -2.38. The molecule has 36 heavy (non-hydrogen) atoms. The quantitative estimate of drug-likeness (QED) is 0.203. The minimum atomic E-state index is -3.83. The van der Waals surface area contributed by atoms with E-state index in [2.05, 4.69) is 20.1 Å². The van der Waals surface area contributed by atoms with Gasteiger partial charge in [0.1, 0.15) is 0 Å². The molecule has 1 atom stereocenters. The summed E-state index contributed by atoms with van der Waals surface area (Å²) >= 11 is 0. The Hall–Kier alpha value is -4.12. The van der Waals surface area contributed by atoms with Crippen molar-refractivity contribution in [1.82, 2.24) is 10.0 Å². The number of carbonyl (C=O) groups excluding carboxylic acids is 1. The summed E-state index contributed by atoms with van der Waals surface area (Å²) in [5.74, 6) is -1.67. The van der Waals surface area contributed by atoms with E-state index in [1.807, 2.05) is 37.2 Å². The van der Waals surface area contributed by atoms with Crippen molar-refractivity contribution in [1.29, 1.82) is 0 Å². The summed E-state index contributed by atoms with van der Waals surface area (Å²) < 4.78 is 28.8. The largest absolute Gasteiger partial charge is 0.481 e. The molecular weight excluding hydrogens is 484 g/mol. The lowest BCUT2D eigenvalue weighted by Gasteiger charge is -2.17. The van der Waals surface area contributed by atoms with Gasteiger partial charge in [-0.2, -0.15) is 0 Å². The summed E-state index contributed by atoms with van der Waals surface area (Å²) in [6, 6.07) is 16.0. The normalized spacial score (nSPS) is 11.9. The van der Waals surface area contributed by atoms with Gasteiger partial charge in [-0.3, -0.25) is 9.59 Å². The molecule has 0 aliphatic rings. The number of rotatable bonds is 11. The Labute approximate surface area is 208 Å². The number of hydrogen-bond donors (Lipinski definition) is 3. The molecule has 3 N–H and O–H groups in total. The highest BCUT2D eigenvalue weighted by Gasteiger charge is 2.19. The molecule has 3 aromatic carbocycles. The summed E-state index contributed by atoms with van der Waals surface area (Å²) in [5, 5.41) is 16.2. The third-order valence-corrected chi connectivity index (χ3v) is 6.89. The van der Waals surface area contributed by atoms with E-state index in [1.165, 1.54) is 12.1 Å². The molecule has 0 saturated carbocycles. The highest BCUT2D eigenvalue weighted by molar-refractivity contribution is 7.89. The van der Waals surface area contributed by atoms with E-state index in [0.717, 1.165) is 11.1 Å². The molecule has 11 nitrogen and oxygen atoms in total. The maximum Gasteiger partial charge on any atom is 0.305 e. The highest BCUT2D eigenvalue weighted by Crippen LogP contribution is 2.30. The number of amides is 1. The fourth-order valence-corrected chi connectivity index (χ4v) is 4.93. The molecular formula is C24H26N6O5S. The number of hydrogen-bond acceptors (Lipinski definition) is 6. The Balaban J connectivity index is 1.72. The van der Waals surface area contributed by atoms with Crippen molar-refractivity contribution >= 4 is 38.4 Å². The number of fused-ring (bicyclic) bond motifs is 1. The number of benzene rings is 3. The maximum absolute atomic E-state index is 13.1. The summed E-state index contributed by atoms with van der Waals surface area (Å²) in [5.41, 5.74) is 10.2. The van der Waals surface area contributed by atoms with Gasteiger partial charge in [-0.05, 0) is 35.4 Å². The summed E-state index contributed by atoms with van der Waals surface area (Å²) in [7, 11) is -0.0463. The lowest BCUT2D eigenvalue weighted by atomic mass is 10.1. The lowest BCUT2D eigenvalue weighted by molar-refractivity contribution is -0.137. The first-order valence-electron chi connectivity index (χ1n) is 10.9. The molecule has 3 rings (SSSR count). The minimum Gasteiger partial charge on any atom is -0.481 e. The number of aliphatic carboxylic acids is 1. The van der Waals surface area contributed by atoms with Gasteiger partial charge in [-0.25, -0.2) is 13.1 Å². The van der Waals surface area contributed by atoms with Crippen molar-refractivity contribution in [2.24, 2.45) is 5.11 Å². The van der Waals surface area contributed by atoms with E-state index in [9.17, 15) is 18.0 Å². The average molecular weight is 511 g/mol. The van der Waals surface area contributed by atoms with Crippen LogP contribution in [0.1, 0.15) is 22.3 Å². The van der Waals surface area contributed by atoms with Crippen molar-refractivity contribution in [2.75, 3.05) is 25.5 Å². The Morgan fingerprint density at radius 2 is 1.72 bits per heavy atom. The summed E-state index contributed by atoms with van der Waals surface area (Å²) in [4.78, 5) is 28.1. The van der Waals surface area contributed by atoms with Crippen LogP contribution in [-0.4, -0.2) is 52.1 Å². The average Bonchev–Trinajstić information content (AvgIpc) is 2.85. The summed E-state index contributed by atoms with van der Waals surface area (Å²) in [6.07, 6.45) is -0.394. The minimum absolute atomic E-state index is 0.00646. The molecule has 0 fully saturated rings. The SMILES string of the molecule is CN(C)c1cccc2c(S(=O)(=O)NCc3ccc(C(=O)N[C@H](CN=[N+]=[N-])CC(=O)O)cc3)cccc12. The van der Waals surface area contributed by atoms with Gasteiger partial charge < -0.3 is 15.3 Å². The number of carboxylic acids is 1. The van der Waals surface area contributed by atoms with E-state index < -0.39 is 34.4 Å². The standard InChI is InChI=1S/C24H26N6O5S/c1-30(2)21-7-3-6-20-19(21)5-4-8-22(20)36(34,35)27-14-16-9-11-17(12-10-16)24(33)28-18(13-23(31)32)15-26-29-25/h3-12,18,27H,13-15H2,1-2H3,(H,28,33)(H,31,32)/t18-/m0/s1. The van der Waals surface area contributed by atoms with Gasteiger partial charge in [0.2, 0.25) is 10.0 Å². The Kier molecular flexibility index (Phi) is 8.49. The molecule has 188 valence electrons. The Morgan fingerprint density at radius 1 is 1.06 bits per heavy atom. The van der Waals surface area contributed by atoms with E-state index in [4.69, 9.17) is 10.6 Å². The molecule has 0 radical (unpaired) electrons. The first-order chi connectivity index (χ1) is 17.1. The second kappa shape index (κ2) is 11.5. The molecule has 0 aliphatic carbocycles. The van der Waals surface area contributed by atoms with Crippen LogP contribution in [0.5, 0.6) is 0 Å². The van der Waals surface area contributed by atoms with Crippen molar-refractivity contribution in [3.63, 3.8) is 0 Å². The van der Waals surface area contributed by atoms with Crippen molar-refractivity contribution < 1.29 is 23.1 Å². The van der Waals surface area contributed by atoms with Gasteiger partial charge in [-0.1, -0.05) is 41.5 Å². The Bertz CT molecular complexity index is 1410. The number of nitrogens with zero attached hydrogens (tertiary/aromatic N) is 4. The van der Waals surface area contributed by atoms with Crippen LogP contribution in [-0.2, 0) is 21.4 Å². The number of nitrogens with one attached hydrogen (secondary N) is 2. The number of sulfonamides is 1. The van der Waals surface area contributed by atoms with Gasteiger partial charge in [0.15, 0.2) is 0 Å². The van der Waals surface area contributed by atoms with Gasteiger partial charge in [0, 0.05) is 60.2 Å². The smallest absolute Gasteiger partial charge is 0.305 e. The molecule has 0 unspecified atom stereocenters. The Morgan fingerprint density at radius 3 is 2.36 bits per heavy atom. The summed E-state index contributed by atoms with van der Waals surface area (Å²) in [6.45, 7) is -0.189. The molecule has 0 aliphatic heterocycles. The topological polar surface area (TPSA) is 165 Å². The first-order valence-corrected chi connectivity index (χ1v) is 12.4. The van der Waals surface area contributed by atoms with Gasteiger partial charge in [-0.15, -0.1) is 0 Å². The second-order valence-corrected chi connectivity index (χ2v) is 9.96. The molecule has 1 amide bonds. The van der Waals surface area contributed by atoms with E-state index in [0.29, 0.717) is 10.9 Å². The monoisotopic (exact) mass is 510 g/mol. The second-order valence-electron chi connectivity index (χ2n) is 8.23. The fraction of sp³-hybridized carbons (Fsp3) is 0.250. The van der Waals surface area contributed by atoms with E-state index in [1.54, 1.807) is 30.3 Å². The third-order valence-electron chi connectivity index (χ3n) is 5.43. The number of carbonyl (C=O) groups is 2. The van der Waals surface area contributed by atoms with Crippen LogP contribution in [0.25, 0.3) is 21.2 Å². The van der Waals surface area contributed by atoms with Crippen molar-refractivity contribution in [3.05, 3.63) is 82.2 Å². The fourth-order valence-electron chi connectivity index (χ4n) is 3.69. The molecule has 0 saturated heterocycles. The van der Waals surface area contributed by atoms with E-state index >= 15 is 0 Å². The number of carboxylic acid groups (broad SMARTS) is 1. The number of azide groups is 1. The maximum atomic E-state index is 13.1. The van der Waals surface area contributed by atoms with E-state index in [-0.39, 0.29) is 23.5 Å². The predicted octanol–water partition coefficient (Wildman–Crippen LogP) is 3.27. The molecule has 3 aromatic rings. The molecule has 0 bridgehead atoms. The predicted molar refractivity (Wildman–Crippen MR) is 136 cm³/mol. The molecule has 0 heterocycles. The molecule has 0 aromatic heterocycles. The van der Waals surface area contributed by atoms with Gasteiger partial charge in [0.05, 0.1) is 11.3 Å². The van der Waals surface area contributed by atoms with Crippen LogP contribution >= 0.6 is 0 Å². The zero-order valence-electron chi connectivity index (χ0n) is 19.7. The number of anilines is 1.